The van der Waals surface area contributed by atoms with Crippen LogP contribution in [0.25, 0.3) is 0 Å². The normalized spacial score (nSPS) is 29.1. The maximum absolute atomic E-state index is 13.1. The van der Waals surface area contributed by atoms with Crippen LogP contribution in [0.5, 0.6) is 0 Å². The quantitative estimate of drug-likeness (QED) is 0.463. The smallest absolute Gasteiger partial charge is 0.232 e. The van der Waals surface area contributed by atoms with Gasteiger partial charge in [0.2, 0.25) is 5.91 Å². The maximum atomic E-state index is 13.1. The molecule has 4 bridgehead atoms. The Hall–Kier alpha value is -2.60. The van der Waals surface area contributed by atoms with Crippen molar-refractivity contribution >= 4 is 40.3 Å². The number of nitrogens with one attached hydrogen (secondary N) is 2. The van der Waals surface area contributed by atoms with Crippen molar-refractivity contribution in [3.8, 4) is 0 Å². The molecule has 154 valence electrons. The molecule has 4 aliphatic carbocycles. The van der Waals surface area contributed by atoms with Crippen molar-refractivity contribution < 1.29 is 4.79 Å². The Bertz CT molecular complexity index is 935. The third-order valence-electron chi connectivity index (χ3n) is 6.91. The van der Waals surface area contributed by atoms with E-state index in [-0.39, 0.29) is 11.3 Å². The minimum Gasteiger partial charge on any atom is -0.332 e. The summed E-state index contributed by atoms with van der Waals surface area (Å²) >= 11 is 5.43. The minimum atomic E-state index is -0.192. The summed E-state index contributed by atoms with van der Waals surface area (Å²) in [6.45, 7) is 0. The number of hydrogen-bond donors (Lipinski definition) is 2. The molecule has 4 aliphatic rings. The Morgan fingerprint density at radius 3 is 1.93 bits per heavy atom. The van der Waals surface area contributed by atoms with E-state index in [9.17, 15) is 4.79 Å². The van der Waals surface area contributed by atoms with Crippen molar-refractivity contribution in [2.24, 2.45) is 33.4 Å². The number of anilines is 1. The SMILES string of the molecule is O=C(NC(=S)Nc1ccc(N=Nc2ccccc2)cc1)C12CC3CC(CC(C3)C1)C2. The summed E-state index contributed by atoms with van der Waals surface area (Å²) in [5.74, 6) is 2.33. The maximum Gasteiger partial charge on any atom is 0.232 e. The second-order valence-corrected chi connectivity index (χ2v) is 9.60. The molecular formula is C24H26N4OS. The highest BCUT2D eigenvalue weighted by Gasteiger charge is 2.54. The topological polar surface area (TPSA) is 65.8 Å². The van der Waals surface area contributed by atoms with E-state index in [0.717, 1.165) is 54.1 Å². The number of benzene rings is 2. The van der Waals surface area contributed by atoms with E-state index in [1.54, 1.807) is 0 Å². The Morgan fingerprint density at radius 1 is 0.833 bits per heavy atom. The van der Waals surface area contributed by atoms with E-state index in [0.29, 0.717) is 5.11 Å². The molecule has 2 aromatic rings. The fraction of sp³-hybridized carbons (Fsp3) is 0.417. The highest BCUT2D eigenvalue weighted by atomic mass is 32.1. The van der Waals surface area contributed by atoms with Gasteiger partial charge in [0.05, 0.1) is 16.8 Å². The number of carbonyl (C=O) groups is 1. The number of hydrogen-bond acceptors (Lipinski definition) is 4. The summed E-state index contributed by atoms with van der Waals surface area (Å²) < 4.78 is 0. The zero-order valence-electron chi connectivity index (χ0n) is 16.9. The Balaban J connectivity index is 1.18. The average Bonchev–Trinajstić information content (AvgIpc) is 2.73. The van der Waals surface area contributed by atoms with Crippen LogP contribution in [0.1, 0.15) is 38.5 Å². The molecule has 0 saturated heterocycles. The lowest BCUT2D eigenvalue weighted by Crippen LogP contribution is -2.55. The van der Waals surface area contributed by atoms with Gasteiger partial charge in [0.1, 0.15) is 0 Å². The van der Waals surface area contributed by atoms with Gasteiger partial charge >= 0.3 is 0 Å². The summed E-state index contributed by atoms with van der Waals surface area (Å²) in [6, 6.07) is 17.2. The van der Waals surface area contributed by atoms with Crippen LogP contribution in [0.15, 0.2) is 64.8 Å². The summed E-state index contributed by atoms with van der Waals surface area (Å²) in [5, 5.41) is 15.0. The van der Waals surface area contributed by atoms with Gasteiger partial charge in [0, 0.05) is 5.69 Å². The summed E-state index contributed by atoms with van der Waals surface area (Å²) in [6.07, 6.45) is 7.08. The van der Waals surface area contributed by atoms with Crippen molar-refractivity contribution in [2.45, 2.75) is 38.5 Å². The molecule has 30 heavy (non-hydrogen) atoms. The fourth-order valence-corrected chi connectivity index (χ4v) is 6.22. The number of thiocarbonyl (C=S) groups is 1. The van der Waals surface area contributed by atoms with E-state index in [4.69, 9.17) is 12.2 Å². The standard InChI is InChI=1S/C24H26N4OS/c29-22(24-13-16-10-17(14-24)12-18(11-16)15-24)26-23(30)25-19-6-8-21(9-7-19)28-27-20-4-2-1-3-5-20/h1-9,16-18H,10-15H2,(H2,25,26,29,30). The predicted molar refractivity (Wildman–Crippen MR) is 122 cm³/mol. The second-order valence-electron chi connectivity index (χ2n) is 9.19. The zero-order valence-corrected chi connectivity index (χ0v) is 17.7. The van der Waals surface area contributed by atoms with Gasteiger partial charge in [-0.15, -0.1) is 0 Å². The van der Waals surface area contributed by atoms with E-state index in [1.165, 1.54) is 19.3 Å². The van der Waals surface area contributed by atoms with Crippen molar-refractivity contribution in [2.75, 3.05) is 5.32 Å². The van der Waals surface area contributed by atoms with Gasteiger partial charge in [-0.25, -0.2) is 0 Å². The van der Waals surface area contributed by atoms with Gasteiger partial charge in [-0.1, -0.05) is 18.2 Å². The van der Waals surface area contributed by atoms with Gasteiger partial charge in [0.25, 0.3) is 0 Å². The first kappa shape index (κ1) is 19.4. The Labute approximate surface area is 182 Å². The number of rotatable bonds is 4. The summed E-state index contributed by atoms with van der Waals surface area (Å²) in [5.41, 5.74) is 2.20. The van der Waals surface area contributed by atoms with Gasteiger partial charge in [-0.05, 0) is 105 Å². The van der Waals surface area contributed by atoms with Crippen LogP contribution in [-0.2, 0) is 4.79 Å². The van der Waals surface area contributed by atoms with Crippen LogP contribution in [0.4, 0.5) is 17.1 Å². The first-order chi connectivity index (χ1) is 14.6. The Morgan fingerprint density at radius 2 is 1.37 bits per heavy atom. The fourth-order valence-electron chi connectivity index (χ4n) is 6.01. The lowest BCUT2D eigenvalue weighted by molar-refractivity contribution is -0.144. The van der Waals surface area contributed by atoms with Gasteiger partial charge in [-0.3, -0.25) is 4.79 Å². The van der Waals surface area contributed by atoms with E-state index < -0.39 is 0 Å². The highest BCUT2D eigenvalue weighted by molar-refractivity contribution is 7.80. The van der Waals surface area contributed by atoms with E-state index >= 15 is 0 Å². The van der Waals surface area contributed by atoms with Crippen LogP contribution in [0.3, 0.4) is 0 Å². The molecule has 4 saturated carbocycles. The first-order valence-electron chi connectivity index (χ1n) is 10.8. The first-order valence-corrected chi connectivity index (χ1v) is 11.2. The average molecular weight is 419 g/mol. The van der Waals surface area contributed by atoms with Crippen LogP contribution < -0.4 is 10.6 Å². The lowest BCUT2D eigenvalue weighted by atomic mass is 9.49. The number of carbonyl (C=O) groups excluding carboxylic acids is 1. The molecule has 4 fully saturated rings. The highest BCUT2D eigenvalue weighted by Crippen LogP contribution is 2.60. The summed E-state index contributed by atoms with van der Waals surface area (Å²) in [7, 11) is 0. The summed E-state index contributed by atoms with van der Waals surface area (Å²) in [4.78, 5) is 13.1. The molecule has 2 N–H and O–H groups in total. The second kappa shape index (κ2) is 7.91. The predicted octanol–water partition coefficient (Wildman–Crippen LogP) is 6.13. The molecule has 0 aromatic heterocycles. The molecule has 0 spiro atoms. The lowest BCUT2D eigenvalue weighted by Gasteiger charge is -2.55. The van der Waals surface area contributed by atoms with Crippen molar-refractivity contribution in [1.82, 2.24) is 5.32 Å². The van der Waals surface area contributed by atoms with E-state index in [2.05, 4.69) is 20.9 Å². The molecule has 0 unspecified atom stereocenters. The molecule has 6 rings (SSSR count). The zero-order chi connectivity index (χ0) is 20.6. The largest absolute Gasteiger partial charge is 0.332 e. The molecule has 6 heteroatoms. The van der Waals surface area contributed by atoms with Crippen molar-refractivity contribution in [1.29, 1.82) is 0 Å². The minimum absolute atomic E-state index is 0.118. The van der Waals surface area contributed by atoms with Gasteiger partial charge in [-0.2, -0.15) is 10.2 Å². The molecule has 1 amide bonds. The number of nitrogens with zero attached hydrogens (tertiary/aromatic N) is 2. The van der Waals surface area contributed by atoms with Crippen LogP contribution >= 0.6 is 12.2 Å². The molecule has 0 aliphatic heterocycles. The molecule has 0 heterocycles. The molecule has 0 radical (unpaired) electrons. The molecule has 0 atom stereocenters. The van der Waals surface area contributed by atoms with Crippen molar-refractivity contribution in [3.05, 3.63) is 54.6 Å². The van der Waals surface area contributed by atoms with Crippen LogP contribution in [0.2, 0.25) is 0 Å². The third-order valence-corrected chi connectivity index (χ3v) is 7.11. The number of azo groups is 1. The monoisotopic (exact) mass is 418 g/mol. The molecular weight excluding hydrogens is 392 g/mol. The molecule has 5 nitrogen and oxygen atoms in total. The number of amides is 1. The Kier molecular flexibility index (Phi) is 5.11. The van der Waals surface area contributed by atoms with Gasteiger partial charge in [0.15, 0.2) is 5.11 Å². The molecule has 2 aromatic carbocycles. The van der Waals surface area contributed by atoms with Crippen molar-refractivity contribution in [3.63, 3.8) is 0 Å². The van der Waals surface area contributed by atoms with E-state index in [1.807, 2.05) is 54.6 Å². The van der Waals surface area contributed by atoms with Crippen LogP contribution in [0, 0.1) is 23.2 Å². The van der Waals surface area contributed by atoms with Gasteiger partial charge < -0.3 is 10.6 Å². The van der Waals surface area contributed by atoms with Crippen LogP contribution in [-0.4, -0.2) is 11.0 Å². The third kappa shape index (κ3) is 4.01.